The molecule has 1 saturated carbocycles. The van der Waals surface area contributed by atoms with Gasteiger partial charge in [0, 0.05) is 11.6 Å². The molecule has 0 aromatic heterocycles. The van der Waals surface area contributed by atoms with Crippen molar-refractivity contribution >= 4 is 0 Å². The molecule has 1 aromatic rings. The summed E-state index contributed by atoms with van der Waals surface area (Å²) in [5, 5.41) is 0. The van der Waals surface area contributed by atoms with Crippen molar-refractivity contribution < 1.29 is 4.74 Å². The first-order chi connectivity index (χ1) is 9.03. The molecule has 0 bridgehead atoms. The molecule has 19 heavy (non-hydrogen) atoms. The van der Waals surface area contributed by atoms with Crippen LogP contribution in [0.15, 0.2) is 24.3 Å². The van der Waals surface area contributed by atoms with Crippen molar-refractivity contribution in [3.05, 3.63) is 29.8 Å². The predicted octanol–water partition coefficient (Wildman–Crippen LogP) is 4.44. The Morgan fingerprint density at radius 1 is 1.11 bits per heavy atom. The quantitative estimate of drug-likeness (QED) is 0.869. The minimum Gasteiger partial charge on any atom is -0.491 e. The summed E-state index contributed by atoms with van der Waals surface area (Å²) in [4.78, 5) is 0. The highest BCUT2D eigenvalue weighted by atomic mass is 16.5. The Kier molecular flexibility index (Phi) is 4.51. The van der Waals surface area contributed by atoms with E-state index in [1.807, 2.05) is 12.1 Å². The van der Waals surface area contributed by atoms with Crippen LogP contribution in [0.3, 0.4) is 0 Å². The number of para-hydroxylation sites is 1. The van der Waals surface area contributed by atoms with E-state index < -0.39 is 0 Å². The molecule has 2 N–H and O–H groups in total. The van der Waals surface area contributed by atoms with Gasteiger partial charge in [-0.05, 0) is 38.2 Å². The maximum atomic E-state index is 6.60. The van der Waals surface area contributed by atoms with Gasteiger partial charge in [0.05, 0.1) is 6.10 Å². The Morgan fingerprint density at radius 3 is 2.37 bits per heavy atom. The molecule has 2 heteroatoms. The van der Waals surface area contributed by atoms with Gasteiger partial charge in [0.1, 0.15) is 5.75 Å². The minimum absolute atomic E-state index is 0.0720. The lowest BCUT2D eigenvalue weighted by Gasteiger charge is -2.39. The zero-order valence-corrected chi connectivity index (χ0v) is 12.5. The second kappa shape index (κ2) is 5.96. The fourth-order valence-corrected chi connectivity index (χ4v) is 3.14. The molecule has 1 unspecified atom stereocenters. The summed E-state index contributed by atoms with van der Waals surface area (Å²) in [6.07, 6.45) is 6.60. The SMILES string of the molecule is CC(C)Oc1ccccc1C(N)C1(C)CCCCC1. The number of hydrogen-bond acceptors (Lipinski definition) is 2. The smallest absolute Gasteiger partial charge is 0.124 e. The van der Waals surface area contributed by atoms with Crippen LogP contribution in [0.5, 0.6) is 5.75 Å². The molecule has 2 rings (SSSR count). The number of rotatable bonds is 4. The fourth-order valence-electron chi connectivity index (χ4n) is 3.14. The summed E-state index contributed by atoms with van der Waals surface area (Å²) in [6, 6.07) is 8.33. The first-order valence-corrected chi connectivity index (χ1v) is 7.54. The van der Waals surface area contributed by atoms with Crippen molar-refractivity contribution in [3.63, 3.8) is 0 Å². The van der Waals surface area contributed by atoms with Crippen LogP contribution in [-0.4, -0.2) is 6.10 Å². The molecule has 0 spiro atoms. The lowest BCUT2D eigenvalue weighted by atomic mass is 9.69. The van der Waals surface area contributed by atoms with E-state index in [0.717, 1.165) is 5.75 Å². The molecule has 1 aliphatic carbocycles. The third-order valence-electron chi connectivity index (χ3n) is 4.36. The van der Waals surface area contributed by atoms with E-state index in [2.05, 4.69) is 32.9 Å². The summed E-state index contributed by atoms with van der Waals surface area (Å²) >= 11 is 0. The Morgan fingerprint density at radius 2 is 1.74 bits per heavy atom. The lowest BCUT2D eigenvalue weighted by molar-refractivity contribution is 0.163. The number of hydrogen-bond donors (Lipinski definition) is 1. The Balaban J connectivity index is 2.24. The molecule has 1 fully saturated rings. The molecule has 2 nitrogen and oxygen atoms in total. The van der Waals surface area contributed by atoms with Crippen LogP contribution >= 0.6 is 0 Å². The largest absolute Gasteiger partial charge is 0.491 e. The van der Waals surface area contributed by atoms with E-state index in [4.69, 9.17) is 10.5 Å². The summed E-state index contributed by atoms with van der Waals surface area (Å²) in [5.74, 6) is 0.955. The van der Waals surface area contributed by atoms with Crippen molar-refractivity contribution in [1.29, 1.82) is 0 Å². The molecule has 106 valence electrons. The highest BCUT2D eigenvalue weighted by Gasteiger charge is 2.35. The van der Waals surface area contributed by atoms with Gasteiger partial charge in [-0.2, -0.15) is 0 Å². The molecule has 0 aliphatic heterocycles. The van der Waals surface area contributed by atoms with Crippen LogP contribution in [0.2, 0.25) is 0 Å². The number of ether oxygens (including phenoxy) is 1. The summed E-state index contributed by atoms with van der Waals surface area (Å²) < 4.78 is 5.92. The normalized spacial score (nSPS) is 20.3. The molecule has 1 aliphatic rings. The van der Waals surface area contributed by atoms with Crippen LogP contribution in [0, 0.1) is 5.41 Å². The molecular formula is C17H27NO. The molecular weight excluding hydrogens is 234 g/mol. The van der Waals surface area contributed by atoms with Crippen molar-refractivity contribution in [2.45, 2.75) is 65.0 Å². The van der Waals surface area contributed by atoms with Crippen LogP contribution < -0.4 is 10.5 Å². The molecule has 1 atom stereocenters. The van der Waals surface area contributed by atoms with Gasteiger partial charge < -0.3 is 10.5 Å². The zero-order chi connectivity index (χ0) is 13.9. The average molecular weight is 261 g/mol. The highest BCUT2D eigenvalue weighted by Crippen LogP contribution is 2.46. The van der Waals surface area contributed by atoms with Crippen molar-refractivity contribution in [2.75, 3.05) is 0 Å². The zero-order valence-electron chi connectivity index (χ0n) is 12.5. The summed E-state index contributed by atoms with van der Waals surface area (Å²) in [5.41, 5.74) is 7.98. The van der Waals surface area contributed by atoms with Crippen LogP contribution in [0.4, 0.5) is 0 Å². The minimum atomic E-state index is 0.0720. The van der Waals surface area contributed by atoms with Crippen LogP contribution in [-0.2, 0) is 0 Å². The molecule has 0 radical (unpaired) electrons. The second-order valence-electron chi connectivity index (χ2n) is 6.40. The summed E-state index contributed by atoms with van der Waals surface area (Å²) in [7, 11) is 0. The van der Waals surface area contributed by atoms with Gasteiger partial charge in [-0.1, -0.05) is 44.4 Å². The molecule has 0 amide bonds. The van der Waals surface area contributed by atoms with Crippen LogP contribution in [0.1, 0.15) is 64.5 Å². The first kappa shape index (κ1) is 14.4. The maximum Gasteiger partial charge on any atom is 0.124 e. The van der Waals surface area contributed by atoms with E-state index in [1.165, 1.54) is 37.7 Å². The van der Waals surface area contributed by atoms with E-state index in [-0.39, 0.29) is 17.6 Å². The van der Waals surface area contributed by atoms with E-state index >= 15 is 0 Å². The standard InChI is InChI=1S/C17H27NO/c1-13(2)19-15-10-6-5-9-14(15)16(18)17(3)11-7-4-8-12-17/h5-6,9-10,13,16H,4,7-8,11-12,18H2,1-3H3. The Bertz CT molecular complexity index is 407. The van der Waals surface area contributed by atoms with Gasteiger partial charge in [0.15, 0.2) is 0 Å². The maximum absolute atomic E-state index is 6.60. The van der Waals surface area contributed by atoms with E-state index in [0.29, 0.717) is 0 Å². The van der Waals surface area contributed by atoms with Gasteiger partial charge in [0.2, 0.25) is 0 Å². The van der Waals surface area contributed by atoms with E-state index in [1.54, 1.807) is 0 Å². The predicted molar refractivity (Wildman–Crippen MR) is 80.3 cm³/mol. The number of nitrogens with two attached hydrogens (primary N) is 1. The Labute approximate surface area is 117 Å². The van der Waals surface area contributed by atoms with Gasteiger partial charge in [0.25, 0.3) is 0 Å². The molecule has 0 saturated heterocycles. The van der Waals surface area contributed by atoms with Gasteiger partial charge in [-0.15, -0.1) is 0 Å². The van der Waals surface area contributed by atoms with Crippen LogP contribution in [0.25, 0.3) is 0 Å². The molecule has 0 heterocycles. The second-order valence-corrected chi connectivity index (χ2v) is 6.40. The molecule has 1 aromatic carbocycles. The lowest BCUT2D eigenvalue weighted by Crippen LogP contribution is -2.34. The highest BCUT2D eigenvalue weighted by molar-refractivity contribution is 5.37. The van der Waals surface area contributed by atoms with Crippen molar-refractivity contribution in [1.82, 2.24) is 0 Å². The van der Waals surface area contributed by atoms with Crippen molar-refractivity contribution in [2.24, 2.45) is 11.1 Å². The monoisotopic (exact) mass is 261 g/mol. The summed E-state index contributed by atoms with van der Waals surface area (Å²) in [6.45, 7) is 6.46. The van der Waals surface area contributed by atoms with Crippen molar-refractivity contribution in [3.8, 4) is 5.75 Å². The first-order valence-electron chi connectivity index (χ1n) is 7.54. The third-order valence-corrected chi connectivity index (χ3v) is 4.36. The van der Waals surface area contributed by atoms with Gasteiger partial charge in [-0.25, -0.2) is 0 Å². The average Bonchev–Trinajstić information content (AvgIpc) is 2.39. The fraction of sp³-hybridized carbons (Fsp3) is 0.647. The van der Waals surface area contributed by atoms with E-state index in [9.17, 15) is 0 Å². The topological polar surface area (TPSA) is 35.2 Å². The third kappa shape index (κ3) is 3.30. The number of benzene rings is 1. The Hall–Kier alpha value is -1.02. The van der Waals surface area contributed by atoms with Gasteiger partial charge >= 0.3 is 0 Å². The van der Waals surface area contributed by atoms with Gasteiger partial charge in [-0.3, -0.25) is 0 Å².